The van der Waals surface area contributed by atoms with Crippen molar-refractivity contribution >= 4 is 51.1 Å². The Bertz CT molecular complexity index is 2270. The minimum absolute atomic E-state index is 0.00735. The number of carbonyl (C=O) groups excluding carboxylic acids is 5. The largest absolute Gasteiger partial charge is 0.390 e. The molecular weight excluding hydrogens is 779 g/mol. The summed E-state index contributed by atoms with van der Waals surface area (Å²) in [4.78, 5) is 69.5. The van der Waals surface area contributed by atoms with Gasteiger partial charge in [-0.1, -0.05) is 137 Å². The van der Waals surface area contributed by atoms with E-state index in [0.717, 1.165) is 43.8 Å². The number of amides is 5. The van der Waals surface area contributed by atoms with Crippen molar-refractivity contribution < 1.29 is 29.1 Å². The Labute approximate surface area is 364 Å². The van der Waals surface area contributed by atoms with Crippen LogP contribution >= 0.6 is 0 Å². The summed E-state index contributed by atoms with van der Waals surface area (Å²) in [5, 5.41) is 30.5. The van der Waals surface area contributed by atoms with Gasteiger partial charge in [0.25, 0.3) is 0 Å². The fourth-order valence-corrected chi connectivity index (χ4v) is 8.41. The van der Waals surface area contributed by atoms with Crippen LogP contribution in [0.5, 0.6) is 0 Å². The smallest absolute Gasteiger partial charge is 0.242 e. The van der Waals surface area contributed by atoms with E-state index in [4.69, 9.17) is 0 Å². The van der Waals surface area contributed by atoms with Gasteiger partial charge in [-0.3, -0.25) is 24.0 Å². The Morgan fingerprint density at radius 3 is 1.81 bits per heavy atom. The van der Waals surface area contributed by atoms with Crippen molar-refractivity contribution in [3.63, 3.8) is 0 Å². The van der Waals surface area contributed by atoms with Crippen LogP contribution in [0.1, 0.15) is 82.1 Å². The Balaban J connectivity index is 1.31. The first kappa shape index (κ1) is 45.5. The van der Waals surface area contributed by atoms with E-state index in [2.05, 4.69) is 26.6 Å². The molecule has 4 unspecified atom stereocenters. The highest BCUT2D eigenvalue weighted by atomic mass is 16.3. The van der Waals surface area contributed by atoms with Crippen LogP contribution in [0.4, 0.5) is 0 Å². The summed E-state index contributed by atoms with van der Waals surface area (Å²) in [5.74, 6) is -2.57. The maximum atomic E-state index is 14.8. The highest BCUT2D eigenvalue weighted by Gasteiger charge is 2.32. The molecule has 6 N–H and O–H groups in total. The van der Waals surface area contributed by atoms with Gasteiger partial charge < -0.3 is 31.7 Å². The summed E-state index contributed by atoms with van der Waals surface area (Å²) in [6.07, 6.45) is -0.237. The molecule has 0 aliphatic carbocycles. The van der Waals surface area contributed by atoms with Gasteiger partial charge in [-0.05, 0) is 87.7 Å². The van der Waals surface area contributed by atoms with Crippen molar-refractivity contribution in [2.75, 3.05) is 0 Å². The first-order chi connectivity index (χ1) is 29.8. The van der Waals surface area contributed by atoms with Gasteiger partial charge in [0.05, 0.1) is 18.6 Å². The highest BCUT2D eigenvalue weighted by molar-refractivity contribution is 5.92. The molecule has 11 heteroatoms. The molecular formula is C51H61N5O6. The van der Waals surface area contributed by atoms with E-state index < -0.39 is 42.0 Å². The van der Waals surface area contributed by atoms with Crippen LogP contribution in [-0.4, -0.2) is 58.9 Å². The summed E-state index contributed by atoms with van der Waals surface area (Å²) in [5.41, 5.74) is 3.64. The average Bonchev–Trinajstić information content (AvgIpc) is 3.25. The van der Waals surface area contributed by atoms with E-state index in [1.54, 1.807) is 0 Å². The number of aliphatic hydroxyl groups is 1. The summed E-state index contributed by atoms with van der Waals surface area (Å²) in [7, 11) is 0. The molecule has 0 aromatic heterocycles. The van der Waals surface area contributed by atoms with Gasteiger partial charge in [-0.15, -0.1) is 0 Å². The lowest BCUT2D eigenvalue weighted by Gasteiger charge is -2.29. The lowest BCUT2D eigenvalue weighted by atomic mass is 9.87. The summed E-state index contributed by atoms with van der Waals surface area (Å²) >= 11 is 0. The van der Waals surface area contributed by atoms with Crippen LogP contribution in [-0.2, 0) is 49.9 Å². The van der Waals surface area contributed by atoms with Crippen molar-refractivity contribution in [1.82, 2.24) is 26.6 Å². The van der Waals surface area contributed by atoms with E-state index in [-0.39, 0.29) is 61.9 Å². The second kappa shape index (κ2) is 21.6. The van der Waals surface area contributed by atoms with Gasteiger partial charge in [0.1, 0.15) is 12.1 Å². The zero-order valence-electron chi connectivity index (χ0n) is 36.3. The zero-order valence-corrected chi connectivity index (χ0v) is 36.3. The fraction of sp³-hybridized carbons (Fsp3) is 0.392. The molecule has 6 rings (SSSR count). The molecule has 62 heavy (non-hydrogen) atoms. The Hall–Kier alpha value is -6.07. The van der Waals surface area contributed by atoms with Crippen molar-refractivity contribution in [3.05, 3.63) is 131 Å². The predicted molar refractivity (Wildman–Crippen MR) is 243 cm³/mol. The maximum Gasteiger partial charge on any atom is 0.242 e. The Kier molecular flexibility index (Phi) is 15.9. The maximum absolute atomic E-state index is 14.8. The van der Waals surface area contributed by atoms with E-state index in [1.807, 2.05) is 137 Å². The number of fused-ring (bicyclic) bond motifs is 4. The number of rotatable bonds is 10. The first-order valence-electron chi connectivity index (χ1n) is 22.0. The first-order valence-corrected chi connectivity index (χ1v) is 22.0. The van der Waals surface area contributed by atoms with Crippen LogP contribution in [0.2, 0.25) is 0 Å². The van der Waals surface area contributed by atoms with Gasteiger partial charge in [-0.25, -0.2) is 0 Å². The molecule has 0 saturated heterocycles. The van der Waals surface area contributed by atoms with Crippen LogP contribution < -0.4 is 26.6 Å². The van der Waals surface area contributed by atoms with Gasteiger partial charge in [-0.2, -0.15) is 0 Å². The van der Waals surface area contributed by atoms with Crippen molar-refractivity contribution in [3.8, 4) is 0 Å². The third-order valence-electron chi connectivity index (χ3n) is 11.6. The Morgan fingerprint density at radius 1 is 0.661 bits per heavy atom. The SMILES string of the molecule is CC(C)CC1NC(=O)CC(O)C(CC(C)C)NC(=O)C(NC(=O)C(Cc2cccc3ccccc23)Cc2cccc3ccccc23)CCC(=O)NCc2cccc(c2)CNC1=O. The van der Waals surface area contributed by atoms with Gasteiger partial charge in [0.2, 0.25) is 29.5 Å². The normalized spacial score (nSPS) is 19.8. The van der Waals surface area contributed by atoms with E-state index >= 15 is 0 Å². The number of benzene rings is 5. The van der Waals surface area contributed by atoms with E-state index in [9.17, 15) is 29.1 Å². The third-order valence-corrected chi connectivity index (χ3v) is 11.6. The van der Waals surface area contributed by atoms with Crippen molar-refractivity contribution in [2.45, 2.75) is 110 Å². The molecule has 0 spiro atoms. The molecule has 1 heterocycles. The summed E-state index contributed by atoms with van der Waals surface area (Å²) in [6, 6.07) is 32.9. The molecule has 1 aliphatic rings. The van der Waals surface area contributed by atoms with Crippen molar-refractivity contribution in [2.24, 2.45) is 17.8 Å². The third kappa shape index (κ3) is 12.7. The van der Waals surface area contributed by atoms with Crippen LogP contribution in [0.25, 0.3) is 21.5 Å². The second-order valence-corrected chi connectivity index (χ2v) is 17.6. The molecule has 2 bridgehead atoms. The van der Waals surface area contributed by atoms with Crippen LogP contribution in [0.3, 0.4) is 0 Å². The molecule has 0 radical (unpaired) electrons. The molecule has 5 aromatic rings. The minimum atomic E-state index is -1.30. The minimum Gasteiger partial charge on any atom is -0.390 e. The molecule has 0 saturated carbocycles. The van der Waals surface area contributed by atoms with Gasteiger partial charge in [0, 0.05) is 25.4 Å². The second-order valence-electron chi connectivity index (χ2n) is 17.6. The van der Waals surface area contributed by atoms with Crippen LogP contribution in [0, 0.1) is 17.8 Å². The quantitative estimate of drug-likeness (QED) is 0.0951. The summed E-state index contributed by atoms with van der Waals surface area (Å²) in [6.45, 7) is 8.26. The summed E-state index contributed by atoms with van der Waals surface area (Å²) < 4.78 is 0. The Morgan fingerprint density at radius 2 is 1.21 bits per heavy atom. The zero-order chi connectivity index (χ0) is 44.2. The number of hydrogen-bond acceptors (Lipinski definition) is 6. The highest BCUT2D eigenvalue weighted by Crippen LogP contribution is 2.27. The molecule has 0 fully saturated rings. The number of nitrogens with one attached hydrogen (secondary N) is 5. The van der Waals surface area contributed by atoms with Gasteiger partial charge >= 0.3 is 0 Å². The molecule has 1 aliphatic heterocycles. The number of carbonyl (C=O) groups is 5. The number of hydrogen-bond donors (Lipinski definition) is 6. The average molecular weight is 840 g/mol. The van der Waals surface area contributed by atoms with Crippen molar-refractivity contribution in [1.29, 1.82) is 0 Å². The molecule has 4 atom stereocenters. The predicted octanol–water partition coefficient (Wildman–Crippen LogP) is 6.42. The van der Waals surface area contributed by atoms with Crippen LogP contribution in [0.15, 0.2) is 109 Å². The number of aliphatic hydroxyl groups excluding tert-OH is 1. The topological polar surface area (TPSA) is 166 Å². The lowest BCUT2D eigenvalue weighted by Crippen LogP contribution is -2.55. The molecule has 5 amide bonds. The lowest BCUT2D eigenvalue weighted by molar-refractivity contribution is -0.133. The van der Waals surface area contributed by atoms with E-state index in [1.165, 1.54) is 0 Å². The standard InChI is InChI=1S/C51H61N5O6/c1-32(2)24-44-46(57)29-48(59)54-45(25-33(3)4)50(61)53-31-35-13-9-12-34(26-35)30-52-47(58)23-22-43(51(62)56-44)55-49(60)40(27-38-18-10-16-36-14-5-7-20-41(36)38)28-39-19-11-17-37-15-6-8-21-42(37)39/h5-21,26,32-33,40,43-46,57H,22-25,27-31H2,1-4H3,(H,52,58)(H,53,61)(H,54,59)(H,55,60)(H,56,62). The van der Waals surface area contributed by atoms with Gasteiger partial charge in [0.15, 0.2) is 0 Å². The fourth-order valence-electron chi connectivity index (χ4n) is 8.41. The van der Waals surface area contributed by atoms with E-state index in [0.29, 0.717) is 25.7 Å². The molecule has 11 nitrogen and oxygen atoms in total. The molecule has 326 valence electrons. The molecule has 5 aromatic carbocycles. The monoisotopic (exact) mass is 839 g/mol.